The van der Waals surface area contributed by atoms with E-state index in [-0.39, 0.29) is 17.5 Å². The SMILES string of the molecule is C[C@@H](OC(=O)c1ccc[nH]1)c1nnc(-c2ccc([N+](=O)[O-])cc2)o1. The molecule has 0 saturated carbocycles. The number of carbonyl (C=O) groups excluding carboxylic acids is 1. The fourth-order valence-electron chi connectivity index (χ4n) is 1.97. The molecule has 0 radical (unpaired) electrons. The fourth-order valence-corrected chi connectivity index (χ4v) is 1.97. The standard InChI is InChI=1S/C15H12N4O5/c1-9(23-15(20)12-3-2-8-16-12)13-17-18-14(24-13)10-4-6-11(7-5-10)19(21)22/h2-9,16H,1H3/t9-/m1/s1. The number of esters is 1. The highest BCUT2D eigenvalue weighted by Gasteiger charge is 2.20. The minimum Gasteiger partial charge on any atom is -0.448 e. The summed E-state index contributed by atoms with van der Waals surface area (Å²) < 4.78 is 10.7. The van der Waals surface area contributed by atoms with Gasteiger partial charge in [-0.15, -0.1) is 10.2 Å². The van der Waals surface area contributed by atoms with Crippen LogP contribution in [0.2, 0.25) is 0 Å². The molecule has 3 aromatic rings. The molecule has 2 heterocycles. The van der Waals surface area contributed by atoms with Gasteiger partial charge in [0.15, 0.2) is 6.10 Å². The zero-order valence-corrected chi connectivity index (χ0v) is 12.5. The molecule has 3 rings (SSSR count). The van der Waals surface area contributed by atoms with Gasteiger partial charge in [-0.3, -0.25) is 10.1 Å². The van der Waals surface area contributed by atoms with Gasteiger partial charge in [0, 0.05) is 23.9 Å². The molecular weight excluding hydrogens is 316 g/mol. The number of hydrogen-bond donors (Lipinski definition) is 1. The molecular formula is C15H12N4O5. The number of nitro benzene ring substituents is 1. The number of ether oxygens (including phenoxy) is 1. The summed E-state index contributed by atoms with van der Waals surface area (Å²) in [5.41, 5.74) is 0.811. The maximum absolute atomic E-state index is 11.9. The molecule has 9 nitrogen and oxygen atoms in total. The van der Waals surface area contributed by atoms with Crippen molar-refractivity contribution in [2.24, 2.45) is 0 Å². The van der Waals surface area contributed by atoms with Crippen molar-refractivity contribution in [3.8, 4) is 11.5 Å². The van der Waals surface area contributed by atoms with Gasteiger partial charge in [0.2, 0.25) is 5.89 Å². The first kappa shape index (κ1) is 15.4. The zero-order valence-electron chi connectivity index (χ0n) is 12.5. The van der Waals surface area contributed by atoms with Crippen LogP contribution in [0.3, 0.4) is 0 Å². The number of rotatable bonds is 5. The van der Waals surface area contributed by atoms with Crippen LogP contribution in [0.5, 0.6) is 0 Å². The van der Waals surface area contributed by atoms with E-state index in [2.05, 4.69) is 15.2 Å². The molecule has 0 bridgehead atoms. The first-order valence-electron chi connectivity index (χ1n) is 6.97. The van der Waals surface area contributed by atoms with E-state index >= 15 is 0 Å². The molecule has 0 aliphatic carbocycles. The largest absolute Gasteiger partial charge is 0.448 e. The quantitative estimate of drug-likeness (QED) is 0.433. The first-order chi connectivity index (χ1) is 11.5. The monoisotopic (exact) mass is 328 g/mol. The third-order valence-corrected chi connectivity index (χ3v) is 3.22. The highest BCUT2D eigenvalue weighted by Crippen LogP contribution is 2.24. The Labute approximate surface area is 135 Å². The molecule has 0 saturated heterocycles. The van der Waals surface area contributed by atoms with Crippen LogP contribution < -0.4 is 0 Å². The Bertz CT molecular complexity index is 854. The lowest BCUT2D eigenvalue weighted by atomic mass is 10.2. The Balaban J connectivity index is 1.72. The molecule has 0 spiro atoms. The van der Waals surface area contributed by atoms with Crippen molar-refractivity contribution in [1.82, 2.24) is 15.2 Å². The third kappa shape index (κ3) is 3.14. The van der Waals surface area contributed by atoms with Crippen LogP contribution >= 0.6 is 0 Å². The number of carbonyl (C=O) groups is 1. The maximum atomic E-state index is 11.9. The van der Waals surface area contributed by atoms with E-state index in [1.54, 1.807) is 25.3 Å². The molecule has 24 heavy (non-hydrogen) atoms. The smallest absolute Gasteiger partial charge is 0.355 e. The van der Waals surface area contributed by atoms with Crippen molar-refractivity contribution >= 4 is 11.7 Å². The van der Waals surface area contributed by atoms with Gasteiger partial charge in [0.25, 0.3) is 11.6 Å². The van der Waals surface area contributed by atoms with Gasteiger partial charge in [-0.05, 0) is 31.2 Å². The normalized spacial score (nSPS) is 11.9. The van der Waals surface area contributed by atoms with Crippen molar-refractivity contribution in [3.63, 3.8) is 0 Å². The highest BCUT2D eigenvalue weighted by atomic mass is 16.6. The number of aromatic nitrogens is 3. The number of nitrogens with one attached hydrogen (secondary N) is 1. The van der Waals surface area contributed by atoms with Gasteiger partial charge in [-0.1, -0.05) is 0 Å². The number of benzene rings is 1. The Morgan fingerprint density at radius 2 is 2.04 bits per heavy atom. The summed E-state index contributed by atoms with van der Waals surface area (Å²) in [6.07, 6.45) is 0.876. The van der Waals surface area contributed by atoms with E-state index in [0.717, 1.165) is 0 Å². The highest BCUT2D eigenvalue weighted by molar-refractivity contribution is 5.87. The number of non-ortho nitro benzene ring substituents is 1. The van der Waals surface area contributed by atoms with Crippen LogP contribution in [0.4, 0.5) is 5.69 Å². The molecule has 2 aromatic heterocycles. The van der Waals surface area contributed by atoms with Crippen LogP contribution in [0.15, 0.2) is 47.0 Å². The van der Waals surface area contributed by atoms with E-state index in [0.29, 0.717) is 11.3 Å². The second-order valence-corrected chi connectivity index (χ2v) is 4.88. The lowest BCUT2D eigenvalue weighted by Gasteiger charge is -2.07. The van der Waals surface area contributed by atoms with E-state index in [1.165, 1.54) is 24.3 Å². The van der Waals surface area contributed by atoms with Crippen LogP contribution in [0, 0.1) is 10.1 Å². The van der Waals surface area contributed by atoms with Crippen molar-refractivity contribution in [2.75, 3.05) is 0 Å². The number of nitro groups is 1. The third-order valence-electron chi connectivity index (χ3n) is 3.22. The molecule has 1 atom stereocenters. The topological polar surface area (TPSA) is 124 Å². The maximum Gasteiger partial charge on any atom is 0.355 e. The minimum absolute atomic E-state index is 0.0354. The van der Waals surface area contributed by atoms with Crippen molar-refractivity contribution in [2.45, 2.75) is 13.0 Å². The number of H-pyrrole nitrogens is 1. The second kappa shape index (κ2) is 6.32. The van der Waals surface area contributed by atoms with Crippen molar-refractivity contribution < 1.29 is 18.9 Å². The molecule has 0 fully saturated rings. The Morgan fingerprint density at radius 1 is 1.29 bits per heavy atom. The predicted molar refractivity (Wildman–Crippen MR) is 81.0 cm³/mol. The van der Waals surface area contributed by atoms with Crippen molar-refractivity contribution in [1.29, 1.82) is 0 Å². The van der Waals surface area contributed by atoms with Crippen LogP contribution in [-0.2, 0) is 4.74 Å². The second-order valence-electron chi connectivity index (χ2n) is 4.88. The average Bonchev–Trinajstić information content (AvgIpc) is 3.26. The molecule has 0 aliphatic heterocycles. The lowest BCUT2D eigenvalue weighted by molar-refractivity contribution is -0.384. The number of aromatic amines is 1. The zero-order chi connectivity index (χ0) is 17.1. The summed E-state index contributed by atoms with van der Waals surface area (Å²) in [7, 11) is 0. The Hall–Kier alpha value is -3.49. The van der Waals surface area contributed by atoms with E-state index < -0.39 is 17.0 Å². The number of nitrogens with zero attached hydrogens (tertiary/aromatic N) is 3. The molecule has 0 amide bonds. The van der Waals surface area contributed by atoms with Crippen molar-refractivity contribution in [3.05, 3.63) is 64.3 Å². The molecule has 0 unspecified atom stereocenters. The predicted octanol–water partition coefficient (Wildman–Crippen LogP) is 2.89. The summed E-state index contributed by atoms with van der Waals surface area (Å²) in [6, 6.07) is 8.96. The summed E-state index contributed by atoms with van der Waals surface area (Å²) in [4.78, 5) is 24.8. The van der Waals surface area contributed by atoms with Gasteiger partial charge in [0.05, 0.1) is 4.92 Å². The summed E-state index contributed by atoms with van der Waals surface area (Å²) in [5, 5.41) is 18.4. The van der Waals surface area contributed by atoms with Crippen LogP contribution in [0.25, 0.3) is 11.5 Å². The lowest BCUT2D eigenvalue weighted by Crippen LogP contribution is -2.09. The van der Waals surface area contributed by atoms with Gasteiger partial charge in [-0.25, -0.2) is 4.79 Å². The first-order valence-corrected chi connectivity index (χ1v) is 6.97. The van der Waals surface area contributed by atoms with Gasteiger partial charge in [0.1, 0.15) is 5.69 Å². The van der Waals surface area contributed by atoms with Gasteiger partial charge < -0.3 is 14.1 Å². The Morgan fingerprint density at radius 3 is 2.67 bits per heavy atom. The molecule has 9 heteroatoms. The number of hydrogen-bond acceptors (Lipinski definition) is 7. The molecule has 0 aliphatic rings. The fraction of sp³-hybridized carbons (Fsp3) is 0.133. The van der Waals surface area contributed by atoms with Crippen LogP contribution in [-0.4, -0.2) is 26.1 Å². The summed E-state index contributed by atoms with van der Waals surface area (Å²) in [6.45, 7) is 1.61. The van der Waals surface area contributed by atoms with E-state index in [9.17, 15) is 14.9 Å². The molecule has 1 N–H and O–H groups in total. The van der Waals surface area contributed by atoms with E-state index in [4.69, 9.17) is 9.15 Å². The Kier molecular flexibility index (Phi) is 4.06. The summed E-state index contributed by atoms with van der Waals surface area (Å²) in [5.74, 6) is -0.228. The summed E-state index contributed by atoms with van der Waals surface area (Å²) >= 11 is 0. The minimum atomic E-state index is -0.736. The van der Waals surface area contributed by atoms with E-state index in [1.807, 2.05) is 0 Å². The molecule has 122 valence electrons. The average molecular weight is 328 g/mol. The van der Waals surface area contributed by atoms with Crippen LogP contribution in [0.1, 0.15) is 29.4 Å². The van der Waals surface area contributed by atoms with Gasteiger partial charge >= 0.3 is 5.97 Å². The molecule has 1 aromatic carbocycles. The van der Waals surface area contributed by atoms with Gasteiger partial charge in [-0.2, -0.15) is 0 Å².